The standard InChI is InChI=1S/C11H13NO5S/c1-3-16-11(13)7-17-10-5-4-8(18-2)6-9(10)12(14)15/h4-6H,3,7H2,1-2H3. The summed E-state index contributed by atoms with van der Waals surface area (Å²) in [7, 11) is 0. The van der Waals surface area contributed by atoms with E-state index < -0.39 is 10.9 Å². The van der Waals surface area contributed by atoms with E-state index in [9.17, 15) is 14.9 Å². The van der Waals surface area contributed by atoms with Crippen LogP contribution in [-0.2, 0) is 9.53 Å². The highest BCUT2D eigenvalue weighted by Gasteiger charge is 2.17. The number of hydrogen-bond donors (Lipinski definition) is 0. The third kappa shape index (κ3) is 3.92. The van der Waals surface area contributed by atoms with E-state index in [0.29, 0.717) is 0 Å². The van der Waals surface area contributed by atoms with Gasteiger partial charge in [0.2, 0.25) is 0 Å². The Bertz CT molecular complexity index is 449. The third-order valence-corrected chi connectivity index (χ3v) is 2.74. The number of hydrogen-bond acceptors (Lipinski definition) is 6. The topological polar surface area (TPSA) is 78.7 Å². The smallest absolute Gasteiger partial charge is 0.344 e. The van der Waals surface area contributed by atoms with Crippen molar-refractivity contribution >= 4 is 23.4 Å². The van der Waals surface area contributed by atoms with Crippen molar-refractivity contribution in [3.63, 3.8) is 0 Å². The Morgan fingerprint density at radius 2 is 2.22 bits per heavy atom. The lowest BCUT2D eigenvalue weighted by molar-refractivity contribution is -0.386. The molecule has 1 rings (SSSR count). The molecule has 7 heteroatoms. The molecule has 0 aliphatic rings. The molecular weight excluding hydrogens is 258 g/mol. The summed E-state index contributed by atoms with van der Waals surface area (Å²) in [4.78, 5) is 22.2. The highest BCUT2D eigenvalue weighted by atomic mass is 32.2. The molecule has 0 aliphatic carbocycles. The molecule has 98 valence electrons. The molecule has 0 amide bonds. The van der Waals surface area contributed by atoms with Gasteiger partial charge in [-0.2, -0.15) is 0 Å². The maximum atomic E-state index is 11.1. The predicted octanol–water partition coefficient (Wildman–Crippen LogP) is 2.26. The van der Waals surface area contributed by atoms with Gasteiger partial charge in [0.25, 0.3) is 0 Å². The van der Waals surface area contributed by atoms with Gasteiger partial charge < -0.3 is 9.47 Å². The number of nitro groups is 1. The normalized spacial score (nSPS) is 9.89. The third-order valence-electron chi connectivity index (χ3n) is 2.01. The molecule has 0 N–H and O–H groups in total. The number of nitrogens with zero attached hydrogens (tertiary/aromatic N) is 1. The van der Waals surface area contributed by atoms with Gasteiger partial charge in [0.15, 0.2) is 12.4 Å². The van der Waals surface area contributed by atoms with Crippen molar-refractivity contribution in [1.82, 2.24) is 0 Å². The maximum absolute atomic E-state index is 11.1. The average Bonchev–Trinajstić information content (AvgIpc) is 2.36. The predicted molar refractivity (Wildman–Crippen MR) is 67.0 cm³/mol. The van der Waals surface area contributed by atoms with E-state index in [1.54, 1.807) is 13.0 Å². The summed E-state index contributed by atoms with van der Waals surface area (Å²) in [5.41, 5.74) is -0.161. The summed E-state index contributed by atoms with van der Waals surface area (Å²) < 4.78 is 9.76. The fraction of sp³-hybridized carbons (Fsp3) is 0.364. The number of ether oxygens (including phenoxy) is 2. The van der Waals surface area contributed by atoms with Gasteiger partial charge in [-0.1, -0.05) is 0 Å². The first kappa shape index (κ1) is 14.3. The number of benzene rings is 1. The fourth-order valence-electron chi connectivity index (χ4n) is 1.23. The van der Waals surface area contributed by atoms with Crippen LogP contribution in [0.3, 0.4) is 0 Å². The number of nitro benzene ring substituents is 1. The maximum Gasteiger partial charge on any atom is 0.344 e. The molecule has 0 radical (unpaired) electrons. The van der Waals surface area contributed by atoms with Crippen molar-refractivity contribution in [2.24, 2.45) is 0 Å². The molecule has 0 unspecified atom stereocenters. The van der Waals surface area contributed by atoms with Gasteiger partial charge in [0.05, 0.1) is 11.5 Å². The molecule has 0 aliphatic heterocycles. The summed E-state index contributed by atoms with van der Waals surface area (Å²) in [6, 6.07) is 4.58. The minimum atomic E-state index is -0.555. The van der Waals surface area contributed by atoms with Crippen LogP contribution in [-0.4, -0.2) is 30.4 Å². The second kappa shape index (κ2) is 6.85. The lowest BCUT2D eigenvalue weighted by Crippen LogP contribution is -2.15. The Hall–Kier alpha value is -1.76. The van der Waals surface area contributed by atoms with E-state index in [0.717, 1.165) is 4.90 Å². The zero-order chi connectivity index (χ0) is 13.5. The van der Waals surface area contributed by atoms with Gasteiger partial charge in [0.1, 0.15) is 0 Å². The van der Waals surface area contributed by atoms with Crippen LogP contribution in [0.15, 0.2) is 23.1 Å². The Morgan fingerprint density at radius 1 is 1.50 bits per heavy atom. The molecule has 18 heavy (non-hydrogen) atoms. The van der Waals surface area contributed by atoms with Gasteiger partial charge >= 0.3 is 11.7 Å². The molecule has 0 heterocycles. The van der Waals surface area contributed by atoms with E-state index in [1.807, 2.05) is 6.26 Å². The molecule has 1 aromatic carbocycles. The van der Waals surface area contributed by atoms with Crippen LogP contribution < -0.4 is 4.74 Å². The first-order valence-electron chi connectivity index (χ1n) is 5.19. The number of carbonyl (C=O) groups excluding carboxylic acids is 1. The molecule has 6 nitrogen and oxygen atoms in total. The van der Waals surface area contributed by atoms with Crippen LogP contribution in [0.1, 0.15) is 6.92 Å². The van der Waals surface area contributed by atoms with Gasteiger partial charge in [-0.25, -0.2) is 4.79 Å². The molecule has 0 saturated carbocycles. The Kier molecular flexibility index (Phi) is 5.44. The van der Waals surface area contributed by atoms with Crippen LogP contribution in [0.2, 0.25) is 0 Å². The van der Waals surface area contributed by atoms with Crippen LogP contribution in [0.25, 0.3) is 0 Å². The second-order valence-electron chi connectivity index (χ2n) is 3.18. The lowest BCUT2D eigenvalue weighted by Gasteiger charge is -2.07. The molecule has 0 fully saturated rings. The molecule has 0 spiro atoms. The van der Waals surface area contributed by atoms with Gasteiger partial charge in [-0.05, 0) is 25.3 Å². The van der Waals surface area contributed by atoms with Crippen LogP contribution >= 0.6 is 11.8 Å². The van der Waals surface area contributed by atoms with Crippen molar-refractivity contribution in [2.45, 2.75) is 11.8 Å². The molecular formula is C11H13NO5S. The van der Waals surface area contributed by atoms with E-state index in [1.165, 1.54) is 23.9 Å². The minimum absolute atomic E-state index is 0.0610. The van der Waals surface area contributed by atoms with Crippen molar-refractivity contribution in [3.8, 4) is 5.75 Å². The summed E-state index contributed by atoms with van der Waals surface area (Å²) in [5.74, 6) is -0.494. The minimum Gasteiger partial charge on any atom is -0.475 e. The van der Waals surface area contributed by atoms with Crippen LogP contribution in [0.4, 0.5) is 5.69 Å². The number of carbonyl (C=O) groups is 1. The Balaban J connectivity index is 2.81. The molecule has 0 bridgehead atoms. The van der Waals surface area contributed by atoms with Crippen molar-refractivity contribution < 1.29 is 19.2 Å². The number of thioether (sulfide) groups is 1. The van der Waals surface area contributed by atoms with E-state index in [-0.39, 0.29) is 24.7 Å². The van der Waals surface area contributed by atoms with Gasteiger partial charge in [0, 0.05) is 11.0 Å². The second-order valence-corrected chi connectivity index (χ2v) is 4.06. The monoisotopic (exact) mass is 271 g/mol. The average molecular weight is 271 g/mol. The first-order valence-corrected chi connectivity index (χ1v) is 6.41. The summed E-state index contributed by atoms with van der Waals surface area (Å²) in [5, 5.41) is 10.9. The zero-order valence-corrected chi connectivity index (χ0v) is 10.9. The van der Waals surface area contributed by atoms with Crippen molar-refractivity contribution in [2.75, 3.05) is 19.5 Å². The fourth-order valence-corrected chi connectivity index (χ4v) is 1.66. The molecule has 0 saturated heterocycles. The largest absolute Gasteiger partial charge is 0.475 e. The summed E-state index contributed by atoms with van der Waals surface area (Å²) in [6.07, 6.45) is 1.82. The SMILES string of the molecule is CCOC(=O)COc1ccc(SC)cc1[N+](=O)[O-]. The highest BCUT2D eigenvalue weighted by molar-refractivity contribution is 7.98. The lowest BCUT2D eigenvalue weighted by atomic mass is 10.3. The van der Waals surface area contributed by atoms with Gasteiger partial charge in [-0.3, -0.25) is 10.1 Å². The van der Waals surface area contributed by atoms with Crippen molar-refractivity contribution in [1.29, 1.82) is 0 Å². The van der Waals surface area contributed by atoms with Gasteiger partial charge in [-0.15, -0.1) is 11.8 Å². The van der Waals surface area contributed by atoms with E-state index in [2.05, 4.69) is 4.74 Å². The number of rotatable bonds is 6. The Labute approximate surface area is 108 Å². The number of esters is 1. The molecule has 0 aromatic heterocycles. The molecule has 1 aromatic rings. The Morgan fingerprint density at radius 3 is 2.78 bits per heavy atom. The van der Waals surface area contributed by atoms with E-state index >= 15 is 0 Å². The van der Waals surface area contributed by atoms with Crippen LogP contribution in [0, 0.1) is 10.1 Å². The van der Waals surface area contributed by atoms with E-state index in [4.69, 9.17) is 4.74 Å². The zero-order valence-electron chi connectivity index (χ0n) is 10.0. The molecule has 0 atom stereocenters. The quantitative estimate of drug-likeness (QED) is 0.342. The summed E-state index contributed by atoms with van der Waals surface area (Å²) >= 11 is 1.39. The highest BCUT2D eigenvalue weighted by Crippen LogP contribution is 2.31. The first-order chi connectivity index (χ1) is 8.58. The summed E-state index contributed by atoms with van der Waals surface area (Å²) in [6.45, 7) is 1.58. The van der Waals surface area contributed by atoms with Crippen molar-refractivity contribution in [3.05, 3.63) is 28.3 Å². The van der Waals surface area contributed by atoms with Crippen LogP contribution in [0.5, 0.6) is 5.75 Å².